The summed E-state index contributed by atoms with van der Waals surface area (Å²) >= 11 is 0. The van der Waals surface area contributed by atoms with Crippen molar-refractivity contribution in [3.8, 4) is 0 Å². The second kappa shape index (κ2) is 6.60. The third kappa shape index (κ3) is 3.56. The van der Waals surface area contributed by atoms with Crippen molar-refractivity contribution in [3.63, 3.8) is 0 Å². The van der Waals surface area contributed by atoms with Gasteiger partial charge >= 0.3 is 5.97 Å². The number of esters is 1. The second-order valence-corrected chi connectivity index (χ2v) is 5.45. The molecule has 1 atom stereocenters. The normalized spacial score (nSPS) is 15.5. The van der Waals surface area contributed by atoms with Crippen LogP contribution in [0.1, 0.15) is 30.1 Å². The minimum atomic E-state index is -0.890. The number of hydrogen-bond acceptors (Lipinski definition) is 5. The number of carbonyl (C=O) groups excluding carboxylic acids is 4. The summed E-state index contributed by atoms with van der Waals surface area (Å²) in [6, 6.07) is 5.94. The Morgan fingerprint density at radius 1 is 1.09 bits per heavy atom. The topological polar surface area (TPSA) is 84.0 Å². The first kappa shape index (κ1) is 16.7. The summed E-state index contributed by atoms with van der Waals surface area (Å²) in [4.78, 5) is 49.4. The van der Waals surface area contributed by atoms with Crippen LogP contribution in [0.25, 0.3) is 0 Å². The molecule has 2 rings (SSSR count). The highest BCUT2D eigenvalue weighted by atomic mass is 16.5. The Morgan fingerprint density at radius 3 is 2.09 bits per heavy atom. The smallest absolute Gasteiger partial charge is 0.338 e. The van der Waals surface area contributed by atoms with Crippen LogP contribution in [0, 0.1) is 0 Å². The molecule has 0 N–H and O–H groups in total. The summed E-state index contributed by atoms with van der Waals surface area (Å²) < 4.78 is 5.09. The molecule has 1 fully saturated rings. The molecule has 3 amide bonds. The molecule has 0 bridgehead atoms. The Morgan fingerprint density at radius 2 is 1.61 bits per heavy atom. The molecule has 0 spiro atoms. The van der Waals surface area contributed by atoms with Gasteiger partial charge in [0.1, 0.15) is 0 Å². The van der Waals surface area contributed by atoms with Crippen molar-refractivity contribution in [1.82, 2.24) is 4.90 Å². The zero-order valence-corrected chi connectivity index (χ0v) is 13.2. The lowest BCUT2D eigenvalue weighted by Gasteiger charge is -2.17. The van der Waals surface area contributed by atoms with E-state index < -0.39 is 12.1 Å². The Kier molecular flexibility index (Phi) is 4.78. The number of rotatable bonds is 4. The van der Waals surface area contributed by atoms with Gasteiger partial charge in [0.2, 0.25) is 11.8 Å². The van der Waals surface area contributed by atoms with Crippen LogP contribution >= 0.6 is 0 Å². The van der Waals surface area contributed by atoms with E-state index >= 15 is 0 Å². The molecule has 0 saturated carbocycles. The van der Waals surface area contributed by atoms with Crippen LogP contribution < -0.4 is 4.90 Å². The van der Waals surface area contributed by atoms with Gasteiger partial charge in [-0.1, -0.05) is 0 Å². The molecule has 0 aromatic heterocycles. The predicted octanol–water partition coefficient (Wildman–Crippen LogP) is 0.974. The van der Waals surface area contributed by atoms with E-state index in [-0.39, 0.29) is 36.1 Å². The van der Waals surface area contributed by atoms with E-state index in [4.69, 9.17) is 4.74 Å². The number of anilines is 1. The van der Waals surface area contributed by atoms with E-state index in [0.717, 1.165) is 4.90 Å². The van der Waals surface area contributed by atoms with Crippen LogP contribution in [0.15, 0.2) is 24.3 Å². The van der Waals surface area contributed by atoms with Gasteiger partial charge in [-0.05, 0) is 31.2 Å². The van der Waals surface area contributed by atoms with E-state index in [1.54, 1.807) is 14.1 Å². The average Bonchev–Trinajstić information content (AvgIpc) is 2.85. The molecule has 0 aliphatic carbocycles. The van der Waals surface area contributed by atoms with Crippen molar-refractivity contribution in [2.75, 3.05) is 19.0 Å². The fourth-order valence-electron chi connectivity index (χ4n) is 2.25. The van der Waals surface area contributed by atoms with Crippen LogP contribution in [-0.4, -0.2) is 48.8 Å². The molecule has 7 nitrogen and oxygen atoms in total. The number of carbonyl (C=O) groups is 4. The molecule has 0 unspecified atom stereocenters. The minimum absolute atomic E-state index is 0.201. The maximum atomic E-state index is 12.0. The van der Waals surface area contributed by atoms with E-state index in [1.165, 1.54) is 36.1 Å². The summed E-state index contributed by atoms with van der Waals surface area (Å²) in [5.41, 5.74) is 0.665. The summed E-state index contributed by atoms with van der Waals surface area (Å²) in [6.45, 7) is 1.50. The SMILES string of the molecule is C[C@H](OC(=O)c1ccc(N2C(=O)CCC2=O)cc1)C(=O)N(C)C. The third-order valence-corrected chi connectivity index (χ3v) is 3.49. The molecule has 1 saturated heterocycles. The van der Waals surface area contributed by atoms with E-state index in [0.29, 0.717) is 5.69 Å². The number of nitrogens with zero attached hydrogens (tertiary/aromatic N) is 2. The average molecular weight is 318 g/mol. The van der Waals surface area contributed by atoms with Crippen LogP contribution in [0.2, 0.25) is 0 Å². The van der Waals surface area contributed by atoms with Gasteiger partial charge in [0.15, 0.2) is 6.10 Å². The van der Waals surface area contributed by atoms with E-state index in [9.17, 15) is 19.2 Å². The first-order valence-electron chi connectivity index (χ1n) is 7.19. The minimum Gasteiger partial charge on any atom is -0.449 e. The highest BCUT2D eigenvalue weighted by Crippen LogP contribution is 2.23. The lowest BCUT2D eigenvalue weighted by atomic mass is 10.2. The maximum absolute atomic E-state index is 12.0. The quantitative estimate of drug-likeness (QED) is 0.610. The van der Waals surface area contributed by atoms with Gasteiger partial charge in [0, 0.05) is 26.9 Å². The Balaban J connectivity index is 2.07. The van der Waals surface area contributed by atoms with Gasteiger partial charge < -0.3 is 9.64 Å². The van der Waals surface area contributed by atoms with Crippen LogP contribution in [0.4, 0.5) is 5.69 Å². The summed E-state index contributed by atoms with van der Waals surface area (Å²) in [5.74, 6) is -1.47. The molecular weight excluding hydrogens is 300 g/mol. The fraction of sp³-hybridized carbons (Fsp3) is 0.375. The molecule has 1 aromatic rings. The molecule has 1 aromatic carbocycles. The fourth-order valence-corrected chi connectivity index (χ4v) is 2.25. The zero-order valence-electron chi connectivity index (χ0n) is 13.2. The number of imide groups is 1. The second-order valence-electron chi connectivity index (χ2n) is 5.45. The van der Waals surface area contributed by atoms with Gasteiger partial charge in [0.25, 0.3) is 5.91 Å². The molecule has 23 heavy (non-hydrogen) atoms. The molecule has 122 valence electrons. The Bertz CT molecular complexity index is 635. The summed E-state index contributed by atoms with van der Waals surface area (Å²) in [6.07, 6.45) is -0.488. The van der Waals surface area contributed by atoms with E-state index in [2.05, 4.69) is 0 Å². The van der Waals surface area contributed by atoms with Crippen molar-refractivity contribution < 1.29 is 23.9 Å². The van der Waals surface area contributed by atoms with Gasteiger partial charge in [-0.25, -0.2) is 4.79 Å². The number of ether oxygens (including phenoxy) is 1. The summed E-state index contributed by atoms with van der Waals surface area (Å²) in [7, 11) is 3.15. The van der Waals surface area contributed by atoms with Crippen molar-refractivity contribution in [3.05, 3.63) is 29.8 Å². The number of benzene rings is 1. The molecular formula is C16H18N2O5. The lowest BCUT2D eigenvalue weighted by molar-refractivity contribution is -0.137. The number of amides is 3. The van der Waals surface area contributed by atoms with Crippen molar-refractivity contribution in [2.24, 2.45) is 0 Å². The molecule has 7 heteroatoms. The monoisotopic (exact) mass is 318 g/mol. The molecule has 1 aliphatic heterocycles. The Labute approximate surface area is 133 Å². The van der Waals surface area contributed by atoms with Gasteiger partial charge in [-0.2, -0.15) is 0 Å². The number of likely N-dealkylation sites (N-methyl/N-ethyl adjacent to an activating group) is 1. The van der Waals surface area contributed by atoms with Gasteiger partial charge in [-0.3, -0.25) is 19.3 Å². The number of hydrogen-bond donors (Lipinski definition) is 0. The van der Waals surface area contributed by atoms with Crippen molar-refractivity contribution in [2.45, 2.75) is 25.9 Å². The maximum Gasteiger partial charge on any atom is 0.338 e. The molecule has 1 aliphatic rings. The third-order valence-electron chi connectivity index (χ3n) is 3.49. The standard InChI is InChI=1S/C16H18N2O5/c1-10(15(21)17(2)3)23-16(22)11-4-6-12(7-5-11)18-13(19)8-9-14(18)20/h4-7,10H,8-9H2,1-3H3/t10-/m0/s1. The first-order valence-corrected chi connectivity index (χ1v) is 7.19. The zero-order chi connectivity index (χ0) is 17.1. The van der Waals surface area contributed by atoms with Gasteiger partial charge in [0.05, 0.1) is 11.3 Å². The molecule has 1 heterocycles. The van der Waals surface area contributed by atoms with Crippen LogP contribution in [0.5, 0.6) is 0 Å². The van der Waals surface area contributed by atoms with Crippen molar-refractivity contribution in [1.29, 1.82) is 0 Å². The van der Waals surface area contributed by atoms with Crippen LogP contribution in [-0.2, 0) is 19.1 Å². The molecule has 0 radical (unpaired) electrons. The van der Waals surface area contributed by atoms with Crippen LogP contribution in [0.3, 0.4) is 0 Å². The largest absolute Gasteiger partial charge is 0.449 e. The van der Waals surface area contributed by atoms with E-state index in [1.807, 2.05) is 0 Å². The summed E-state index contributed by atoms with van der Waals surface area (Å²) in [5, 5.41) is 0. The van der Waals surface area contributed by atoms with Crippen molar-refractivity contribution >= 4 is 29.4 Å². The predicted molar refractivity (Wildman–Crippen MR) is 81.7 cm³/mol. The first-order chi connectivity index (χ1) is 10.8. The highest BCUT2D eigenvalue weighted by Gasteiger charge is 2.30. The Hall–Kier alpha value is -2.70. The lowest BCUT2D eigenvalue weighted by Crippen LogP contribution is -2.34. The highest BCUT2D eigenvalue weighted by molar-refractivity contribution is 6.19. The van der Waals surface area contributed by atoms with Gasteiger partial charge in [-0.15, -0.1) is 0 Å².